The molecule has 0 unspecified atom stereocenters. The zero-order valence-corrected chi connectivity index (χ0v) is 15.3. The SMILES string of the molecule is COc1ccccc1NC(=O)COC(=O)CCCNc1ccccc1[N+](=O)[O-]. The van der Waals surface area contributed by atoms with Crippen LogP contribution in [0.4, 0.5) is 17.1 Å². The quantitative estimate of drug-likeness (QED) is 0.278. The van der Waals surface area contributed by atoms with Crippen molar-refractivity contribution in [1.82, 2.24) is 0 Å². The van der Waals surface area contributed by atoms with Gasteiger partial charge in [0, 0.05) is 19.0 Å². The van der Waals surface area contributed by atoms with Gasteiger partial charge in [0.25, 0.3) is 11.6 Å². The normalized spacial score (nSPS) is 10.0. The number of esters is 1. The Kier molecular flexibility index (Phi) is 7.77. The minimum atomic E-state index is -0.528. The number of anilines is 2. The average molecular weight is 387 g/mol. The fourth-order valence-electron chi connectivity index (χ4n) is 2.39. The monoisotopic (exact) mass is 387 g/mol. The standard InChI is InChI=1S/C19H21N3O6/c1-27-17-10-5-3-8-15(17)21-18(23)13-28-19(24)11-6-12-20-14-7-2-4-9-16(14)22(25)26/h2-5,7-10,20H,6,11-13H2,1H3,(H,21,23). The third-order valence-corrected chi connectivity index (χ3v) is 3.72. The number of benzene rings is 2. The molecule has 0 aliphatic heterocycles. The highest BCUT2D eigenvalue weighted by atomic mass is 16.6. The molecule has 2 N–H and O–H groups in total. The van der Waals surface area contributed by atoms with E-state index in [-0.39, 0.29) is 12.1 Å². The Balaban J connectivity index is 1.69. The second-order valence-electron chi connectivity index (χ2n) is 5.71. The summed E-state index contributed by atoms with van der Waals surface area (Å²) in [6.45, 7) is -0.0537. The number of hydrogen-bond acceptors (Lipinski definition) is 7. The first-order valence-electron chi connectivity index (χ1n) is 8.57. The highest BCUT2D eigenvalue weighted by Crippen LogP contribution is 2.23. The minimum absolute atomic E-state index is 0.0295. The molecule has 0 heterocycles. The van der Waals surface area contributed by atoms with Crippen LogP contribution in [0.3, 0.4) is 0 Å². The molecule has 0 aliphatic rings. The third-order valence-electron chi connectivity index (χ3n) is 3.72. The minimum Gasteiger partial charge on any atom is -0.495 e. The lowest BCUT2D eigenvalue weighted by Crippen LogP contribution is -2.21. The lowest BCUT2D eigenvalue weighted by Gasteiger charge is -2.10. The van der Waals surface area contributed by atoms with E-state index in [1.165, 1.54) is 13.2 Å². The van der Waals surface area contributed by atoms with Crippen LogP contribution in [0.5, 0.6) is 5.75 Å². The largest absolute Gasteiger partial charge is 0.495 e. The molecule has 9 nitrogen and oxygen atoms in total. The van der Waals surface area contributed by atoms with Crippen molar-refractivity contribution in [3.05, 3.63) is 58.6 Å². The number of carbonyl (C=O) groups excluding carboxylic acids is 2. The number of nitro benzene ring substituents is 1. The van der Waals surface area contributed by atoms with Gasteiger partial charge in [0.1, 0.15) is 11.4 Å². The summed E-state index contributed by atoms with van der Waals surface area (Å²) >= 11 is 0. The Labute approximate surface area is 161 Å². The van der Waals surface area contributed by atoms with E-state index in [0.29, 0.717) is 30.1 Å². The number of nitro groups is 1. The second kappa shape index (κ2) is 10.5. The van der Waals surface area contributed by atoms with Crippen LogP contribution in [0.25, 0.3) is 0 Å². The van der Waals surface area contributed by atoms with Gasteiger partial charge in [0.05, 0.1) is 17.7 Å². The number of para-hydroxylation sites is 4. The first kappa shape index (κ1) is 20.7. The van der Waals surface area contributed by atoms with E-state index in [1.54, 1.807) is 42.5 Å². The van der Waals surface area contributed by atoms with Crippen molar-refractivity contribution < 1.29 is 24.0 Å². The van der Waals surface area contributed by atoms with E-state index < -0.39 is 23.4 Å². The number of amides is 1. The van der Waals surface area contributed by atoms with Crippen LogP contribution in [0.1, 0.15) is 12.8 Å². The molecule has 9 heteroatoms. The van der Waals surface area contributed by atoms with E-state index >= 15 is 0 Å². The van der Waals surface area contributed by atoms with Crippen LogP contribution in [-0.4, -0.2) is 37.1 Å². The van der Waals surface area contributed by atoms with Crippen LogP contribution in [0.15, 0.2) is 48.5 Å². The van der Waals surface area contributed by atoms with Crippen LogP contribution < -0.4 is 15.4 Å². The number of nitrogens with one attached hydrogen (secondary N) is 2. The summed E-state index contributed by atoms with van der Waals surface area (Å²) in [5, 5.41) is 16.5. The second-order valence-corrected chi connectivity index (χ2v) is 5.71. The van der Waals surface area contributed by atoms with Crippen molar-refractivity contribution in [2.24, 2.45) is 0 Å². The van der Waals surface area contributed by atoms with Gasteiger partial charge in [0.15, 0.2) is 6.61 Å². The maximum atomic E-state index is 11.9. The Bertz CT molecular complexity index is 840. The molecule has 148 valence electrons. The molecule has 2 aromatic rings. The van der Waals surface area contributed by atoms with Gasteiger partial charge in [-0.15, -0.1) is 0 Å². The lowest BCUT2D eigenvalue weighted by molar-refractivity contribution is -0.384. The highest BCUT2D eigenvalue weighted by Gasteiger charge is 2.13. The Hall–Kier alpha value is -3.62. The maximum Gasteiger partial charge on any atom is 0.306 e. The van der Waals surface area contributed by atoms with E-state index in [2.05, 4.69) is 10.6 Å². The van der Waals surface area contributed by atoms with Gasteiger partial charge in [-0.2, -0.15) is 0 Å². The summed E-state index contributed by atoms with van der Waals surface area (Å²) < 4.78 is 10.1. The van der Waals surface area contributed by atoms with E-state index in [9.17, 15) is 19.7 Å². The molecule has 2 rings (SSSR count). The molecule has 0 bridgehead atoms. The zero-order chi connectivity index (χ0) is 20.4. The van der Waals surface area contributed by atoms with E-state index in [1.807, 2.05) is 0 Å². The van der Waals surface area contributed by atoms with Crippen molar-refractivity contribution in [2.45, 2.75) is 12.8 Å². The summed E-state index contributed by atoms with van der Waals surface area (Å²) in [7, 11) is 1.49. The highest BCUT2D eigenvalue weighted by molar-refractivity contribution is 5.94. The topological polar surface area (TPSA) is 120 Å². The van der Waals surface area contributed by atoms with Crippen molar-refractivity contribution >= 4 is 28.9 Å². The molecule has 0 atom stereocenters. The summed E-state index contributed by atoms with van der Waals surface area (Å²) in [5.41, 5.74) is 0.842. The van der Waals surface area contributed by atoms with Crippen LogP contribution in [0, 0.1) is 10.1 Å². The molecule has 2 aromatic carbocycles. The van der Waals surface area contributed by atoms with Gasteiger partial charge in [0.2, 0.25) is 0 Å². The number of hydrogen-bond donors (Lipinski definition) is 2. The van der Waals surface area contributed by atoms with E-state index in [4.69, 9.17) is 9.47 Å². The predicted molar refractivity (Wildman–Crippen MR) is 103 cm³/mol. The average Bonchev–Trinajstić information content (AvgIpc) is 2.70. The third kappa shape index (κ3) is 6.27. The van der Waals surface area contributed by atoms with Crippen molar-refractivity contribution in [3.8, 4) is 5.75 Å². The van der Waals surface area contributed by atoms with Gasteiger partial charge in [-0.25, -0.2) is 0 Å². The molecule has 0 radical (unpaired) electrons. The number of rotatable bonds is 10. The van der Waals surface area contributed by atoms with Crippen LogP contribution in [-0.2, 0) is 14.3 Å². The molecule has 0 spiro atoms. The molecule has 0 aromatic heterocycles. The van der Waals surface area contributed by atoms with Gasteiger partial charge in [-0.05, 0) is 24.6 Å². The van der Waals surface area contributed by atoms with Crippen molar-refractivity contribution in [2.75, 3.05) is 30.9 Å². The number of carbonyl (C=O) groups is 2. The zero-order valence-electron chi connectivity index (χ0n) is 15.3. The summed E-state index contributed by atoms with van der Waals surface area (Å²) in [5.74, 6) is -0.501. The van der Waals surface area contributed by atoms with Gasteiger partial charge < -0.3 is 20.1 Å². The summed E-state index contributed by atoms with van der Waals surface area (Å²) in [6, 6.07) is 13.1. The molecule has 0 fully saturated rings. The van der Waals surface area contributed by atoms with Gasteiger partial charge >= 0.3 is 5.97 Å². The Morgan fingerprint density at radius 3 is 2.46 bits per heavy atom. The predicted octanol–water partition coefficient (Wildman–Crippen LogP) is 2.98. The maximum absolute atomic E-state index is 11.9. The molecule has 0 saturated heterocycles. The molecule has 1 amide bonds. The molecule has 28 heavy (non-hydrogen) atoms. The Morgan fingerprint density at radius 1 is 1.07 bits per heavy atom. The molecule has 0 aliphatic carbocycles. The van der Waals surface area contributed by atoms with Crippen molar-refractivity contribution in [3.63, 3.8) is 0 Å². The number of ether oxygens (including phenoxy) is 2. The summed E-state index contributed by atoms with van der Waals surface area (Å²) in [4.78, 5) is 34.1. The van der Waals surface area contributed by atoms with Crippen molar-refractivity contribution in [1.29, 1.82) is 0 Å². The number of nitrogens with zero attached hydrogens (tertiary/aromatic N) is 1. The van der Waals surface area contributed by atoms with E-state index in [0.717, 1.165) is 0 Å². The summed E-state index contributed by atoms with van der Waals surface area (Å²) in [6.07, 6.45) is 0.481. The van der Waals surface area contributed by atoms with Crippen LogP contribution in [0.2, 0.25) is 0 Å². The fraction of sp³-hybridized carbons (Fsp3) is 0.263. The fourth-order valence-corrected chi connectivity index (χ4v) is 2.39. The van der Waals surface area contributed by atoms with Gasteiger partial charge in [-0.1, -0.05) is 24.3 Å². The molecule has 0 saturated carbocycles. The van der Waals surface area contributed by atoms with Crippen LogP contribution >= 0.6 is 0 Å². The number of methoxy groups -OCH3 is 1. The Morgan fingerprint density at radius 2 is 1.75 bits per heavy atom. The smallest absolute Gasteiger partial charge is 0.306 e. The molecular weight excluding hydrogens is 366 g/mol. The lowest BCUT2D eigenvalue weighted by atomic mass is 10.2. The first-order valence-corrected chi connectivity index (χ1v) is 8.57. The first-order chi connectivity index (χ1) is 13.5. The van der Waals surface area contributed by atoms with Gasteiger partial charge in [-0.3, -0.25) is 19.7 Å². The molecular formula is C19H21N3O6.